The Hall–Kier alpha value is -3.06. The Balaban J connectivity index is 1.43. The lowest BCUT2D eigenvalue weighted by Gasteiger charge is -2.06. The van der Waals surface area contributed by atoms with Gasteiger partial charge < -0.3 is 10.3 Å². The van der Waals surface area contributed by atoms with Gasteiger partial charge in [-0.15, -0.1) is 5.10 Å². The maximum Gasteiger partial charge on any atom is 0.228 e. The summed E-state index contributed by atoms with van der Waals surface area (Å²) in [5.41, 5.74) is 5.34. The minimum atomic E-state index is -0.0584. The summed E-state index contributed by atoms with van der Waals surface area (Å²) in [5, 5.41) is 8.82. The fraction of sp³-hybridized carbons (Fsp3) is 0.0588. The summed E-state index contributed by atoms with van der Waals surface area (Å²) in [4.78, 5) is 19.4. The molecule has 0 radical (unpaired) electrons. The minimum Gasteiger partial charge on any atom is -0.345 e. The number of carbonyl (C=O) groups is 1. The highest BCUT2D eigenvalue weighted by Gasteiger charge is 2.07. The first-order valence-electron chi connectivity index (χ1n) is 7.37. The number of hydrogen-bond acceptors (Lipinski definition) is 5. The first-order valence-corrected chi connectivity index (χ1v) is 8.21. The highest BCUT2D eigenvalue weighted by molar-refractivity contribution is 7.03. The molecule has 0 aliphatic carbocycles. The molecule has 0 saturated carbocycles. The lowest BCUT2D eigenvalue weighted by atomic mass is 10.1. The molecule has 0 saturated heterocycles. The molecule has 2 aromatic heterocycles. The number of benzene rings is 2. The number of aromatic nitrogens is 4. The molecule has 0 bridgehead atoms. The van der Waals surface area contributed by atoms with Crippen LogP contribution in [-0.4, -0.2) is 25.5 Å². The first kappa shape index (κ1) is 14.5. The third-order valence-electron chi connectivity index (χ3n) is 3.67. The van der Waals surface area contributed by atoms with Crippen LogP contribution in [0.15, 0.2) is 54.2 Å². The van der Waals surface area contributed by atoms with Crippen molar-refractivity contribution in [2.24, 2.45) is 0 Å². The van der Waals surface area contributed by atoms with Crippen LogP contribution in [0.2, 0.25) is 0 Å². The van der Waals surface area contributed by atoms with Crippen LogP contribution in [0.25, 0.3) is 22.3 Å². The molecular weight excluding hydrogens is 322 g/mol. The third kappa shape index (κ3) is 3.02. The fourth-order valence-corrected chi connectivity index (χ4v) is 2.96. The highest BCUT2D eigenvalue weighted by atomic mass is 32.1. The van der Waals surface area contributed by atoms with E-state index in [4.69, 9.17) is 0 Å². The smallest absolute Gasteiger partial charge is 0.228 e. The van der Waals surface area contributed by atoms with Gasteiger partial charge in [0.05, 0.1) is 23.8 Å². The van der Waals surface area contributed by atoms with Crippen molar-refractivity contribution in [1.82, 2.24) is 19.6 Å². The Morgan fingerprint density at radius 1 is 1.17 bits per heavy atom. The second-order valence-electron chi connectivity index (χ2n) is 5.35. The van der Waals surface area contributed by atoms with Gasteiger partial charge in [0.15, 0.2) is 0 Å². The van der Waals surface area contributed by atoms with Gasteiger partial charge in [-0.3, -0.25) is 4.79 Å². The van der Waals surface area contributed by atoms with Crippen molar-refractivity contribution >= 4 is 34.2 Å². The zero-order valence-corrected chi connectivity index (χ0v) is 13.4. The summed E-state index contributed by atoms with van der Waals surface area (Å²) in [7, 11) is 0. The number of carbonyl (C=O) groups excluding carboxylic acids is 1. The van der Waals surface area contributed by atoms with E-state index < -0.39 is 0 Å². The van der Waals surface area contributed by atoms with Gasteiger partial charge in [-0.05, 0) is 41.4 Å². The maximum absolute atomic E-state index is 12.2. The molecule has 0 aliphatic heterocycles. The van der Waals surface area contributed by atoms with Crippen molar-refractivity contribution in [2.45, 2.75) is 6.42 Å². The van der Waals surface area contributed by atoms with Gasteiger partial charge in [0.2, 0.25) is 5.91 Å². The quantitative estimate of drug-likeness (QED) is 0.599. The number of amides is 1. The van der Waals surface area contributed by atoms with E-state index in [-0.39, 0.29) is 5.91 Å². The van der Waals surface area contributed by atoms with E-state index >= 15 is 0 Å². The normalized spacial score (nSPS) is 10.8. The molecule has 6 nitrogen and oxygen atoms in total. The Morgan fingerprint density at radius 2 is 2.04 bits per heavy atom. The molecular formula is C17H13N5OS. The number of rotatable bonds is 4. The number of aromatic amines is 1. The lowest BCUT2D eigenvalue weighted by Crippen LogP contribution is -2.14. The van der Waals surface area contributed by atoms with Crippen molar-refractivity contribution in [1.29, 1.82) is 0 Å². The molecule has 0 unspecified atom stereocenters. The minimum absolute atomic E-state index is 0.0584. The van der Waals surface area contributed by atoms with Crippen LogP contribution < -0.4 is 5.32 Å². The molecule has 2 N–H and O–H groups in total. The predicted octanol–water partition coefficient (Wildman–Crippen LogP) is 3.26. The average molecular weight is 335 g/mol. The van der Waals surface area contributed by atoms with Gasteiger partial charge in [-0.25, -0.2) is 4.98 Å². The number of H-pyrrole nitrogens is 1. The summed E-state index contributed by atoms with van der Waals surface area (Å²) < 4.78 is 3.85. The van der Waals surface area contributed by atoms with Crippen LogP contribution in [0.5, 0.6) is 0 Å². The molecule has 2 heterocycles. The topological polar surface area (TPSA) is 83.6 Å². The van der Waals surface area contributed by atoms with Gasteiger partial charge in [0.1, 0.15) is 5.69 Å². The van der Waals surface area contributed by atoms with E-state index in [1.54, 1.807) is 6.33 Å². The summed E-state index contributed by atoms with van der Waals surface area (Å²) >= 11 is 1.31. The number of fused-ring (bicyclic) bond motifs is 1. The van der Waals surface area contributed by atoms with E-state index in [2.05, 4.69) is 24.9 Å². The Kier molecular flexibility index (Phi) is 3.76. The molecule has 7 heteroatoms. The SMILES string of the molecule is O=C(Cc1ccc2nc[nH]c2c1)Nc1ccc(-c2csnn2)cc1. The van der Waals surface area contributed by atoms with Crippen molar-refractivity contribution in [3.05, 3.63) is 59.7 Å². The van der Waals surface area contributed by atoms with E-state index in [0.29, 0.717) is 6.42 Å². The van der Waals surface area contributed by atoms with Gasteiger partial charge in [-0.1, -0.05) is 22.7 Å². The van der Waals surface area contributed by atoms with E-state index in [1.165, 1.54) is 11.5 Å². The van der Waals surface area contributed by atoms with Crippen LogP contribution in [0.1, 0.15) is 5.56 Å². The summed E-state index contributed by atoms with van der Waals surface area (Å²) in [6.45, 7) is 0. The number of anilines is 1. The van der Waals surface area contributed by atoms with Crippen molar-refractivity contribution in [2.75, 3.05) is 5.32 Å². The number of hydrogen-bond donors (Lipinski definition) is 2. The monoisotopic (exact) mass is 335 g/mol. The number of nitrogens with one attached hydrogen (secondary N) is 2. The van der Waals surface area contributed by atoms with E-state index in [9.17, 15) is 4.79 Å². The van der Waals surface area contributed by atoms with Crippen molar-refractivity contribution in [3.8, 4) is 11.3 Å². The Morgan fingerprint density at radius 3 is 2.83 bits per heavy atom. The fourth-order valence-electron chi connectivity index (χ4n) is 2.50. The molecule has 1 amide bonds. The standard InChI is InChI=1S/C17H13N5OS/c23-17(8-11-1-6-14-15(7-11)19-10-18-14)20-13-4-2-12(3-5-13)16-9-24-22-21-16/h1-7,9-10H,8H2,(H,18,19)(H,20,23). The second kappa shape index (κ2) is 6.21. The van der Waals surface area contributed by atoms with E-state index in [0.717, 1.165) is 33.5 Å². The summed E-state index contributed by atoms with van der Waals surface area (Å²) in [5.74, 6) is -0.0584. The molecule has 24 heavy (non-hydrogen) atoms. The predicted molar refractivity (Wildman–Crippen MR) is 93.8 cm³/mol. The number of imidazole rings is 1. The first-order chi connectivity index (χ1) is 11.8. The second-order valence-corrected chi connectivity index (χ2v) is 5.96. The van der Waals surface area contributed by atoms with Crippen LogP contribution in [0.4, 0.5) is 5.69 Å². The van der Waals surface area contributed by atoms with Gasteiger partial charge in [-0.2, -0.15) is 0 Å². The zero-order valence-electron chi connectivity index (χ0n) is 12.6. The Bertz CT molecular complexity index is 976. The molecule has 0 aliphatic rings. The van der Waals surface area contributed by atoms with E-state index in [1.807, 2.05) is 47.8 Å². The maximum atomic E-state index is 12.2. The van der Waals surface area contributed by atoms with Crippen molar-refractivity contribution < 1.29 is 4.79 Å². The van der Waals surface area contributed by atoms with Gasteiger partial charge in [0, 0.05) is 16.6 Å². The van der Waals surface area contributed by atoms with Gasteiger partial charge in [0.25, 0.3) is 0 Å². The molecule has 0 atom stereocenters. The van der Waals surface area contributed by atoms with Crippen molar-refractivity contribution in [3.63, 3.8) is 0 Å². The average Bonchev–Trinajstić information content (AvgIpc) is 3.26. The lowest BCUT2D eigenvalue weighted by molar-refractivity contribution is -0.115. The molecule has 118 valence electrons. The summed E-state index contributed by atoms with van der Waals surface area (Å²) in [6.07, 6.45) is 1.96. The van der Waals surface area contributed by atoms with Crippen LogP contribution in [-0.2, 0) is 11.2 Å². The Labute approximate surface area is 141 Å². The zero-order chi connectivity index (χ0) is 16.4. The van der Waals surface area contributed by atoms with Crippen LogP contribution in [0, 0.1) is 0 Å². The highest BCUT2D eigenvalue weighted by Crippen LogP contribution is 2.20. The summed E-state index contributed by atoms with van der Waals surface area (Å²) in [6, 6.07) is 13.3. The molecule has 4 rings (SSSR count). The number of nitrogens with zero attached hydrogens (tertiary/aromatic N) is 3. The molecule has 0 spiro atoms. The third-order valence-corrected chi connectivity index (χ3v) is 4.18. The van der Waals surface area contributed by atoms with Crippen LogP contribution >= 0.6 is 11.5 Å². The molecule has 0 fully saturated rings. The molecule has 4 aromatic rings. The largest absolute Gasteiger partial charge is 0.345 e. The van der Waals surface area contributed by atoms with Gasteiger partial charge >= 0.3 is 0 Å². The molecule has 2 aromatic carbocycles. The van der Waals surface area contributed by atoms with Crippen LogP contribution in [0.3, 0.4) is 0 Å².